The van der Waals surface area contributed by atoms with Crippen molar-refractivity contribution in [3.8, 4) is 0 Å². The summed E-state index contributed by atoms with van der Waals surface area (Å²) >= 11 is 3.27. The molecule has 0 unspecified atom stereocenters. The van der Waals surface area contributed by atoms with Crippen LogP contribution in [-0.4, -0.2) is 47.1 Å². The Balaban J connectivity index is 2.09. The molecule has 7 heteroatoms. The molecule has 0 atom stereocenters. The van der Waals surface area contributed by atoms with E-state index in [-0.39, 0.29) is 11.6 Å². The lowest BCUT2D eigenvalue weighted by molar-refractivity contribution is -0.107. The van der Waals surface area contributed by atoms with Gasteiger partial charge in [-0.15, -0.1) is 0 Å². The molecular weight excluding hydrogens is 362 g/mol. The molecule has 2 rings (SSSR count). The Labute approximate surface area is 144 Å². The van der Waals surface area contributed by atoms with E-state index in [9.17, 15) is 9.59 Å². The Morgan fingerprint density at radius 1 is 1.43 bits per heavy atom. The summed E-state index contributed by atoms with van der Waals surface area (Å²) in [5.74, 6) is 0. The highest BCUT2D eigenvalue weighted by Gasteiger charge is 2.50. The first-order valence-electron chi connectivity index (χ1n) is 7.47. The number of aromatic nitrogens is 1. The van der Waals surface area contributed by atoms with Crippen molar-refractivity contribution >= 4 is 34.1 Å². The maximum absolute atomic E-state index is 12.3. The van der Waals surface area contributed by atoms with Gasteiger partial charge in [-0.25, -0.2) is 9.78 Å². The largest absolute Gasteiger partial charge is 0.444 e. The zero-order valence-electron chi connectivity index (χ0n) is 13.9. The minimum atomic E-state index is -0.540. The van der Waals surface area contributed by atoms with Crippen LogP contribution in [0.4, 0.5) is 10.5 Å². The van der Waals surface area contributed by atoms with Crippen molar-refractivity contribution in [1.82, 2.24) is 9.88 Å². The van der Waals surface area contributed by atoms with Crippen molar-refractivity contribution in [2.45, 2.75) is 44.8 Å². The smallest absolute Gasteiger partial charge is 0.410 e. The van der Waals surface area contributed by atoms with Crippen LogP contribution < -0.4 is 4.90 Å². The number of likely N-dealkylation sites (N-methyl/N-ethyl adjacent to an activating group) is 1. The van der Waals surface area contributed by atoms with Gasteiger partial charge in [0, 0.05) is 13.6 Å². The fourth-order valence-electron chi connectivity index (χ4n) is 2.31. The molecule has 1 aromatic rings. The zero-order chi connectivity index (χ0) is 17.3. The lowest BCUT2D eigenvalue weighted by atomic mass is 10.2. The third kappa shape index (κ3) is 4.43. The number of pyridine rings is 1. The summed E-state index contributed by atoms with van der Waals surface area (Å²) in [6, 6.07) is 3.60. The summed E-state index contributed by atoms with van der Waals surface area (Å²) in [7, 11) is 1.73. The van der Waals surface area contributed by atoms with Crippen LogP contribution in [0.25, 0.3) is 0 Å². The first-order valence-corrected chi connectivity index (χ1v) is 8.26. The minimum absolute atomic E-state index is 0.365. The monoisotopic (exact) mass is 383 g/mol. The second-order valence-electron chi connectivity index (χ2n) is 6.84. The highest BCUT2D eigenvalue weighted by atomic mass is 79.9. The van der Waals surface area contributed by atoms with Crippen molar-refractivity contribution in [1.29, 1.82) is 0 Å². The van der Waals surface area contributed by atoms with Gasteiger partial charge in [-0.2, -0.15) is 0 Å². The molecule has 6 nitrogen and oxygen atoms in total. The normalized spacial score (nSPS) is 15.7. The highest BCUT2D eigenvalue weighted by Crippen LogP contribution is 2.42. The summed E-state index contributed by atoms with van der Waals surface area (Å²) in [4.78, 5) is 31.1. The topological polar surface area (TPSA) is 62.7 Å². The summed E-state index contributed by atoms with van der Waals surface area (Å²) in [5, 5.41) is 0. The average molecular weight is 384 g/mol. The third-order valence-corrected chi connectivity index (χ3v) is 4.31. The molecule has 1 fully saturated rings. The van der Waals surface area contributed by atoms with Crippen LogP contribution in [0.1, 0.15) is 33.6 Å². The predicted molar refractivity (Wildman–Crippen MR) is 91.3 cm³/mol. The summed E-state index contributed by atoms with van der Waals surface area (Å²) in [6.07, 6.45) is 3.72. The first kappa shape index (κ1) is 17.7. The van der Waals surface area contributed by atoms with E-state index in [4.69, 9.17) is 4.74 Å². The van der Waals surface area contributed by atoms with Crippen LogP contribution in [0.15, 0.2) is 22.9 Å². The van der Waals surface area contributed by atoms with Gasteiger partial charge in [0.05, 0.1) is 17.4 Å². The van der Waals surface area contributed by atoms with Gasteiger partial charge >= 0.3 is 6.09 Å². The van der Waals surface area contributed by atoms with Crippen LogP contribution in [-0.2, 0) is 9.53 Å². The van der Waals surface area contributed by atoms with Crippen LogP contribution in [0, 0.1) is 0 Å². The summed E-state index contributed by atoms with van der Waals surface area (Å²) < 4.78 is 6.13. The number of halogens is 1. The van der Waals surface area contributed by atoms with E-state index < -0.39 is 5.60 Å². The van der Waals surface area contributed by atoms with Gasteiger partial charge < -0.3 is 14.5 Å². The van der Waals surface area contributed by atoms with E-state index in [1.807, 2.05) is 26.8 Å². The number of anilines is 1. The fourth-order valence-corrected chi connectivity index (χ4v) is 2.55. The average Bonchev–Trinajstić information content (AvgIpc) is 3.24. The Morgan fingerprint density at radius 2 is 2.09 bits per heavy atom. The van der Waals surface area contributed by atoms with E-state index in [1.165, 1.54) is 0 Å². The quantitative estimate of drug-likeness (QED) is 0.578. The van der Waals surface area contributed by atoms with Crippen molar-refractivity contribution in [2.24, 2.45) is 0 Å². The summed E-state index contributed by atoms with van der Waals surface area (Å²) in [5.41, 5.74) is -0.204. The van der Waals surface area contributed by atoms with E-state index in [0.717, 1.165) is 19.3 Å². The predicted octanol–water partition coefficient (Wildman–Crippen LogP) is 3.21. The number of amides is 2. The number of carbonyl (C=O) groups is 2. The molecule has 0 aromatic carbocycles. The number of hydrogen-bond acceptors (Lipinski definition) is 4. The number of carbonyl (C=O) groups excluding carboxylic acids is 2. The molecule has 23 heavy (non-hydrogen) atoms. The first-order chi connectivity index (χ1) is 10.7. The van der Waals surface area contributed by atoms with Gasteiger partial charge in [0.2, 0.25) is 6.41 Å². The molecule has 1 heterocycles. The molecule has 1 aliphatic carbocycles. The molecule has 0 spiro atoms. The highest BCUT2D eigenvalue weighted by molar-refractivity contribution is 9.10. The molecule has 0 bridgehead atoms. The molecule has 1 saturated carbocycles. The molecule has 1 aliphatic rings. The molecule has 1 aromatic heterocycles. The van der Waals surface area contributed by atoms with Crippen LogP contribution >= 0.6 is 15.9 Å². The van der Waals surface area contributed by atoms with E-state index in [1.54, 1.807) is 29.1 Å². The molecule has 0 N–H and O–H groups in total. The molecule has 0 radical (unpaired) electrons. The molecule has 2 amide bonds. The molecule has 126 valence electrons. The maximum Gasteiger partial charge on any atom is 0.410 e. The van der Waals surface area contributed by atoms with Gasteiger partial charge in [0.25, 0.3) is 0 Å². The standard InChI is InChI=1S/C16H22BrN3O3/c1-15(2,3)23-14(22)19(4)16(7-8-16)10-20(11-21)12-5-6-13(17)18-9-12/h5-6,9,11H,7-8,10H2,1-4H3. The van der Waals surface area contributed by atoms with Gasteiger partial charge in [-0.05, 0) is 61.7 Å². The van der Waals surface area contributed by atoms with E-state index in [0.29, 0.717) is 16.8 Å². The van der Waals surface area contributed by atoms with Gasteiger partial charge in [-0.1, -0.05) is 0 Å². The maximum atomic E-state index is 12.3. The van der Waals surface area contributed by atoms with Crippen molar-refractivity contribution in [3.05, 3.63) is 22.9 Å². The second kappa shape index (κ2) is 6.47. The van der Waals surface area contributed by atoms with Crippen LogP contribution in [0.3, 0.4) is 0 Å². The summed E-state index contributed by atoms with van der Waals surface area (Å²) in [6.45, 7) is 5.94. The Morgan fingerprint density at radius 3 is 2.52 bits per heavy atom. The fraction of sp³-hybridized carbons (Fsp3) is 0.562. The lowest BCUT2D eigenvalue weighted by Crippen LogP contribution is -2.48. The Hall–Kier alpha value is -1.63. The number of nitrogens with zero attached hydrogens (tertiary/aromatic N) is 3. The Bertz CT molecular complexity index is 579. The van der Waals surface area contributed by atoms with E-state index in [2.05, 4.69) is 20.9 Å². The SMILES string of the molecule is CN(C(=O)OC(C)(C)C)C1(CN(C=O)c2ccc(Br)nc2)CC1. The van der Waals surface area contributed by atoms with E-state index >= 15 is 0 Å². The van der Waals surface area contributed by atoms with Gasteiger partial charge in [0.15, 0.2) is 0 Å². The van der Waals surface area contributed by atoms with Crippen LogP contribution in [0.2, 0.25) is 0 Å². The minimum Gasteiger partial charge on any atom is -0.444 e. The molecule has 0 aliphatic heterocycles. The second-order valence-corrected chi connectivity index (χ2v) is 7.65. The van der Waals surface area contributed by atoms with Gasteiger partial charge in [0.1, 0.15) is 10.2 Å². The van der Waals surface area contributed by atoms with Crippen molar-refractivity contribution in [3.63, 3.8) is 0 Å². The Kier molecular flexibility index (Phi) is 4.98. The molecule has 0 saturated heterocycles. The number of ether oxygens (including phenoxy) is 1. The number of rotatable bonds is 5. The zero-order valence-corrected chi connectivity index (χ0v) is 15.5. The number of hydrogen-bond donors (Lipinski definition) is 0. The lowest BCUT2D eigenvalue weighted by Gasteiger charge is -2.33. The van der Waals surface area contributed by atoms with Crippen LogP contribution in [0.5, 0.6) is 0 Å². The molecular formula is C16H22BrN3O3. The van der Waals surface area contributed by atoms with Crippen molar-refractivity contribution in [2.75, 3.05) is 18.5 Å². The third-order valence-electron chi connectivity index (χ3n) is 3.84. The van der Waals surface area contributed by atoms with Crippen molar-refractivity contribution < 1.29 is 14.3 Å². The van der Waals surface area contributed by atoms with Gasteiger partial charge in [-0.3, -0.25) is 4.79 Å².